The zero-order valence-electron chi connectivity index (χ0n) is 12.7. The van der Waals surface area contributed by atoms with Crippen LogP contribution in [0.25, 0.3) is 0 Å². The van der Waals surface area contributed by atoms with Crippen LogP contribution < -0.4 is 0 Å². The zero-order chi connectivity index (χ0) is 13.9. The number of hydrogen-bond donors (Lipinski definition) is 0. The molecular weight excluding hydrogens is 220 g/mol. The van der Waals surface area contributed by atoms with Crippen LogP contribution in [0.3, 0.4) is 0 Å². The summed E-state index contributed by atoms with van der Waals surface area (Å²) in [5.41, 5.74) is 5.00. The molecule has 0 fully saturated rings. The number of carbonyl (C=O) groups is 1. The Morgan fingerprint density at radius 3 is 2.28 bits per heavy atom. The molecule has 1 aliphatic carbocycles. The van der Waals surface area contributed by atoms with E-state index in [-0.39, 0.29) is 5.41 Å². The lowest BCUT2D eigenvalue weighted by Crippen LogP contribution is -2.07. The van der Waals surface area contributed by atoms with Gasteiger partial charge in [-0.2, -0.15) is 0 Å². The molecule has 0 heterocycles. The minimum absolute atomic E-state index is 0.112. The fraction of sp³-hybridized carbons (Fsp3) is 0.588. The van der Waals surface area contributed by atoms with Gasteiger partial charge in [0.05, 0.1) is 0 Å². The number of ketones is 1. The van der Waals surface area contributed by atoms with Crippen LogP contribution in [0.1, 0.15) is 60.8 Å². The normalized spacial score (nSPS) is 16.9. The van der Waals surface area contributed by atoms with Crippen LogP contribution in [-0.4, -0.2) is 5.78 Å². The zero-order valence-corrected chi connectivity index (χ0v) is 12.7. The second-order valence-electron chi connectivity index (χ2n) is 6.57. The first-order chi connectivity index (χ1) is 8.20. The van der Waals surface area contributed by atoms with Crippen molar-refractivity contribution in [2.75, 3.05) is 0 Å². The van der Waals surface area contributed by atoms with Gasteiger partial charge in [-0.3, -0.25) is 4.79 Å². The van der Waals surface area contributed by atoms with Gasteiger partial charge < -0.3 is 0 Å². The lowest BCUT2D eigenvalue weighted by Gasteiger charge is -2.18. The van der Waals surface area contributed by atoms with Gasteiger partial charge in [-0.1, -0.05) is 44.1 Å². The second-order valence-corrected chi connectivity index (χ2v) is 6.57. The summed E-state index contributed by atoms with van der Waals surface area (Å²) in [6, 6.07) is 0. The molecule has 1 rings (SSSR count). The maximum absolute atomic E-state index is 11.9. The van der Waals surface area contributed by atoms with Crippen LogP contribution in [0.15, 0.2) is 34.4 Å². The van der Waals surface area contributed by atoms with E-state index in [2.05, 4.69) is 53.7 Å². The van der Waals surface area contributed by atoms with Gasteiger partial charge in [0, 0.05) is 12.0 Å². The summed E-state index contributed by atoms with van der Waals surface area (Å²) in [5, 5.41) is 0. The average molecular weight is 246 g/mol. The molecule has 1 heteroatoms. The van der Waals surface area contributed by atoms with Crippen LogP contribution in [0.2, 0.25) is 0 Å². The van der Waals surface area contributed by atoms with Gasteiger partial charge in [-0.15, -0.1) is 0 Å². The van der Waals surface area contributed by atoms with Gasteiger partial charge in [0.2, 0.25) is 0 Å². The lowest BCUT2D eigenvalue weighted by molar-refractivity contribution is -0.114. The molecule has 0 N–H and O–H groups in total. The third-order valence-corrected chi connectivity index (χ3v) is 3.28. The fourth-order valence-electron chi connectivity index (χ4n) is 2.12. The van der Waals surface area contributed by atoms with Crippen molar-refractivity contribution in [2.24, 2.45) is 5.41 Å². The molecule has 1 aliphatic rings. The molecule has 0 aromatic carbocycles. The van der Waals surface area contributed by atoms with E-state index in [4.69, 9.17) is 0 Å². The van der Waals surface area contributed by atoms with Crippen molar-refractivity contribution < 1.29 is 4.79 Å². The van der Waals surface area contributed by atoms with E-state index >= 15 is 0 Å². The molecule has 0 bridgehead atoms. The van der Waals surface area contributed by atoms with Gasteiger partial charge in [-0.25, -0.2) is 0 Å². The Labute approximate surface area is 112 Å². The standard InChI is InChI=1S/C17H26O/c1-12(2)13(3)10-14(11-17(4,5)6)15-8-7-9-16(15)18/h8,11H,7,9-10H2,1-6H3/b14-11-. The van der Waals surface area contributed by atoms with Gasteiger partial charge in [0.25, 0.3) is 0 Å². The Hall–Kier alpha value is -1.11. The number of Topliss-reactive ketones (excluding diaryl/α,β-unsaturated/α-hetero) is 1. The number of hydrogen-bond acceptors (Lipinski definition) is 1. The van der Waals surface area contributed by atoms with Crippen LogP contribution in [0.5, 0.6) is 0 Å². The van der Waals surface area contributed by atoms with Crippen molar-refractivity contribution in [1.82, 2.24) is 0 Å². The van der Waals surface area contributed by atoms with Gasteiger partial charge in [-0.05, 0) is 44.6 Å². The predicted octanol–water partition coefficient (Wildman–Crippen LogP) is 4.99. The Balaban J connectivity index is 3.09. The summed E-state index contributed by atoms with van der Waals surface area (Å²) >= 11 is 0. The van der Waals surface area contributed by atoms with Crippen LogP contribution >= 0.6 is 0 Å². The van der Waals surface area contributed by atoms with E-state index < -0.39 is 0 Å². The molecule has 0 aliphatic heterocycles. The van der Waals surface area contributed by atoms with E-state index in [9.17, 15) is 4.79 Å². The van der Waals surface area contributed by atoms with Crippen LogP contribution in [0.4, 0.5) is 0 Å². The van der Waals surface area contributed by atoms with Crippen molar-refractivity contribution in [3.05, 3.63) is 34.4 Å². The Morgan fingerprint density at radius 1 is 1.28 bits per heavy atom. The van der Waals surface area contributed by atoms with Crippen molar-refractivity contribution in [1.29, 1.82) is 0 Å². The highest BCUT2D eigenvalue weighted by molar-refractivity contribution is 6.01. The van der Waals surface area contributed by atoms with Crippen molar-refractivity contribution >= 4 is 5.78 Å². The van der Waals surface area contributed by atoms with Gasteiger partial charge in [0.1, 0.15) is 0 Å². The lowest BCUT2D eigenvalue weighted by atomic mass is 9.87. The van der Waals surface area contributed by atoms with E-state index in [0.29, 0.717) is 12.2 Å². The molecule has 0 atom stereocenters. The van der Waals surface area contributed by atoms with E-state index in [1.807, 2.05) is 0 Å². The molecule has 0 radical (unpaired) electrons. The quantitative estimate of drug-likeness (QED) is 0.641. The highest BCUT2D eigenvalue weighted by Gasteiger charge is 2.21. The molecule has 1 nitrogen and oxygen atoms in total. The van der Waals surface area contributed by atoms with Crippen LogP contribution in [-0.2, 0) is 4.79 Å². The molecule has 0 aromatic rings. The SMILES string of the molecule is CC(C)=C(C)C/C(=C/C(C)(C)C)C1=CCCC1=O. The van der Waals surface area contributed by atoms with Crippen molar-refractivity contribution in [2.45, 2.75) is 60.8 Å². The summed E-state index contributed by atoms with van der Waals surface area (Å²) in [6.07, 6.45) is 6.86. The average Bonchev–Trinajstić information content (AvgIpc) is 2.61. The van der Waals surface area contributed by atoms with Gasteiger partial charge in [0.15, 0.2) is 5.78 Å². The first kappa shape index (κ1) is 14.9. The summed E-state index contributed by atoms with van der Waals surface area (Å²) in [6.45, 7) is 13.0. The van der Waals surface area contributed by atoms with Gasteiger partial charge >= 0.3 is 0 Å². The van der Waals surface area contributed by atoms with E-state index in [1.165, 1.54) is 16.7 Å². The van der Waals surface area contributed by atoms with Crippen molar-refractivity contribution in [3.63, 3.8) is 0 Å². The third-order valence-electron chi connectivity index (χ3n) is 3.28. The van der Waals surface area contributed by atoms with E-state index in [1.54, 1.807) is 0 Å². The molecule has 0 spiro atoms. The third kappa shape index (κ3) is 4.29. The Morgan fingerprint density at radius 2 is 1.89 bits per heavy atom. The highest BCUT2D eigenvalue weighted by Crippen LogP contribution is 2.31. The molecule has 0 unspecified atom stereocenters. The summed E-state index contributed by atoms with van der Waals surface area (Å²) in [4.78, 5) is 11.9. The predicted molar refractivity (Wildman–Crippen MR) is 78.5 cm³/mol. The summed E-state index contributed by atoms with van der Waals surface area (Å²) in [7, 11) is 0. The Bertz CT molecular complexity index is 421. The topological polar surface area (TPSA) is 17.1 Å². The number of allylic oxidation sites excluding steroid dienone is 6. The Kier molecular flexibility index (Phi) is 4.72. The highest BCUT2D eigenvalue weighted by atomic mass is 16.1. The maximum Gasteiger partial charge on any atom is 0.163 e. The first-order valence-electron chi connectivity index (χ1n) is 6.79. The number of carbonyl (C=O) groups excluding carboxylic acids is 1. The van der Waals surface area contributed by atoms with Crippen molar-refractivity contribution in [3.8, 4) is 0 Å². The van der Waals surface area contributed by atoms with Crippen LogP contribution in [0, 0.1) is 5.41 Å². The monoisotopic (exact) mass is 246 g/mol. The molecule has 100 valence electrons. The molecule has 0 aromatic heterocycles. The first-order valence-corrected chi connectivity index (χ1v) is 6.79. The minimum atomic E-state index is 0.112. The number of rotatable bonds is 3. The summed E-state index contributed by atoms with van der Waals surface area (Å²) in [5.74, 6) is 0.312. The molecule has 0 saturated carbocycles. The second kappa shape index (κ2) is 5.69. The molecular formula is C17H26O. The molecule has 0 amide bonds. The fourth-order valence-corrected chi connectivity index (χ4v) is 2.12. The van der Waals surface area contributed by atoms with E-state index in [0.717, 1.165) is 18.4 Å². The largest absolute Gasteiger partial charge is 0.294 e. The summed E-state index contributed by atoms with van der Waals surface area (Å²) < 4.78 is 0. The maximum atomic E-state index is 11.9. The smallest absolute Gasteiger partial charge is 0.163 e. The molecule has 0 saturated heterocycles. The minimum Gasteiger partial charge on any atom is -0.294 e. The molecule has 18 heavy (non-hydrogen) atoms.